The molecule has 0 unspecified atom stereocenters. The molecule has 0 aliphatic carbocycles. The maximum atomic E-state index is 13.4. The number of ether oxygens (including phenoxy) is 1. The Hall–Kier alpha value is -3.19. The van der Waals surface area contributed by atoms with Crippen molar-refractivity contribution in [1.29, 1.82) is 0 Å². The predicted molar refractivity (Wildman–Crippen MR) is 129 cm³/mol. The molecule has 6 nitrogen and oxygen atoms in total. The predicted octanol–water partition coefficient (Wildman–Crippen LogP) is 4.40. The van der Waals surface area contributed by atoms with E-state index >= 15 is 0 Å². The van der Waals surface area contributed by atoms with E-state index < -0.39 is 0 Å². The molecule has 0 radical (unpaired) electrons. The minimum absolute atomic E-state index is 0.0331. The number of thiazole rings is 1. The number of rotatable bonds is 5. The molecular formula is C26H27N3O3S. The second kappa shape index (κ2) is 8.98. The van der Waals surface area contributed by atoms with E-state index in [0.29, 0.717) is 36.7 Å². The number of carbonyl (C=O) groups is 2. The van der Waals surface area contributed by atoms with Crippen LogP contribution in [0.4, 0.5) is 0 Å². The molecule has 0 spiro atoms. The van der Waals surface area contributed by atoms with E-state index in [1.165, 1.54) is 0 Å². The van der Waals surface area contributed by atoms with Gasteiger partial charge in [0.2, 0.25) is 0 Å². The van der Waals surface area contributed by atoms with Crippen LogP contribution < -0.4 is 10.1 Å². The van der Waals surface area contributed by atoms with Gasteiger partial charge >= 0.3 is 0 Å². The van der Waals surface area contributed by atoms with Crippen molar-refractivity contribution in [3.63, 3.8) is 0 Å². The third-order valence-corrected chi connectivity index (χ3v) is 7.32. The summed E-state index contributed by atoms with van der Waals surface area (Å²) >= 11 is 1.54. The fourth-order valence-electron chi connectivity index (χ4n) is 4.48. The third kappa shape index (κ3) is 4.25. The third-order valence-electron chi connectivity index (χ3n) is 6.30. The van der Waals surface area contributed by atoms with E-state index in [4.69, 9.17) is 4.74 Å². The molecule has 3 aromatic rings. The molecule has 2 amide bonds. The summed E-state index contributed by atoms with van der Waals surface area (Å²) in [5.74, 6) is 0.475. The maximum Gasteiger partial charge on any atom is 0.274 e. The molecule has 0 bridgehead atoms. The van der Waals surface area contributed by atoms with E-state index in [1.54, 1.807) is 17.4 Å². The second-order valence-electron chi connectivity index (χ2n) is 8.68. The summed E-state index contributed by atoms with van der Waals surface area (Å²) in [6, 6.07) is 13.8. The molecule has 170 valence electrons. The summed E-state index contributed by atoms with van der Waals surface area (Å²) in [4.78, 5) is 33.5. The zero-order valence-corrected chi connectivity index (χ0v) is 19.7. The summed E-state index contributed by atoms with van der Waals surface area (Å²) < 4.78 is 5.77. The summed E-state index contributed by atoms with van der Waals surface area (Å²) in [5.41, 5.74) is 4.32. The molecule has 2 aliphatic rings. The summed E-state index contributed by atoms with van der Waals surface area (Å²) in [5, 5.41) is 3.89. The van der Waals surface area contributed by atoms with Gasteiger partial charge in [0.15, 0.2) is 0 Å². The topological polar surface area (TPSA) is 71.5 Å². The van der Waals surface area contributed by atoms with Gasteiger partial charge in [0, 0.05) is 13.1 Å². The summed E-state index contributed by atoms with van der Waals surface area (Å²) in [7, 11) is 0. The van der Waals surface area contributed by atoms with E-state index in [-0.39, 0.29) is 17.9 Å². The Morgan fingerprint density at radius 2 is 2.06 bits per heavy atom. The van der Waals surface area contributed by atoms with Crippen molar-refractivity contribution < 1.29 is 14.3 Å². The van der Waals surface area contributed by atoms with Crippen LogP contribution in [0, 0.1) is 13.8 Å². The van der Waals surface area contributed by atoms with Gasteiger partial charge in [-0.3, -0.25) is 9.59 Å². The molecule has 1 aromatic heterocycles. The average molecular weight is 462 g/mol. The van der Waals surface area contributed by atoms with Crippen molar-refractivity contribution >= 4 is 23.2 Å². The van der Waals surface area contributed by atoms with Crippen LogP contribution in [0.15, 0.2) is 42.5 Å². The standard InChI is InChI=1S/C26H27N3O3S/c1-16-6-3-8-19(14-16)24-22(28-17(2)33-24)26(31)29-12-11-20(29)15-27-25(30)21-10-4-7-18-9-5-13-32-23(18)21/h3-4,6-8,10,14,20H,5,9,11-13,15H2,1-2H3,(H,27,30)/t20-/m1/s1. The number of fused-ring (bicyclic) bond motifs is 1. The monoisotopic (exact) mass is 461 g/mol. The molecule has 2 aromatic carbocycles. The van der Waals surface area contributed by atoms with Crippen LogP contribution in [0.2, 0.25) is 0 Å². The average Bonchev–Trinajstić information content (AvgIpc) is 3.20. The van der Waals surface area contributed by atoms with Crippen molar-refractivity contribution in [1.82, 2.24) is 15.2 Å². The van der Waals surface area contributed by atoms with Gasteiger partial charge < -0.3 is 15.0 Å². The first-order valence-electron chi connectivity index (χ1n) is 11.4. The Morgan fingerprint density at radius 1 is 1.21 bits per heavy atom. The number of hydrogen-bond donors (Lipinski definition) is 1. The fourth-order valence-corrected chi connectivity index (χ4v) is 5.39. The van der Waals surface area contributed by atoms with Crippen LogP contribution in [0.3, 0.4) is 0 Å². The van der Waals surface area contributed by atoms with Gasteiger partial charge in [-0.05, 0) is 50.3 Å². The highest BCUT2D eigenvalue weighted by atomic mass is 32.1. The van der Waals surface area contributed by atoms with Crippen LogP contribution in [0.25, 0.3) is 10.4 Å². The minimum Gasteiger partial charge on any atom is -0.492 e. The highest BCUT2D eigenvalue weighted by molar-refractivity contribution is 7.15. The maximum absolute atomic E-state index is 13.4. The number of likely N-dealkylation sites (tertiary alicyclic amines) is 1. The number of aryl methyl sites for hydroxylation is 3. The normalized spacial score (nSPS) is 17.0. The number of para-hydroxylation sites is 1. The zero-order chi connectivity index (χ0) is 22.9. The smallest absolute Gasteiger partial charge is 0.274 e. The summed E-state index contributed by atoms with van der Waals surface area (Å²) in [6.07, 6.45) is 2.76. The fraction of sp³-hybridized carbons (Fsp3) is 0.346. The lowest BCUT2D eigenvalue weighted by Crippen LogP contribution is -2.56. The molecule has 5 rings (SSSR count). The number of nitrogens with zero attached hydrogens (tertiary/aromatic N) is 2. The van der Waals surface area contributed by atoms with E-state index in [1.807, 2.05) is 49.1 Å². The second-order valence-corrected chi connectivity index (χ2v) is 9.88. The van der Waals surface area contributed by atoms with Crippen molar-refractivity contribution in [3.8, 4) is 16.2 Å². The highest BCUT2D eigenvalue weighted by Gasteiger charge is 2.35. The number of hydrogen-bond acceptors (Lipinski definition) is 5. The van der Waals surface area contributed by atoms with Crippen LogP contribution in [-0.2, 0) is 6.42 Å². The SMILES string of the molecule is Cc1cccc(-c2sc(C)nc2C(=O)N2CC[C@@H]2CNC(=O)c2cccc3c2OCCC3)c1. The molecule has 1 atom stereocenters. The Morgan fingerprint density at radius 3 is 2.85 bits per heavy atom. The largest absolute Gasteiger partial charge is 0.492 e. The Labute approximate surface area is 197 Å². The first kappa shape index (κ1) is 21.6. The summed E-state index contributed by atoms with van der Waals surface area (Å²) in [6.45, 7) is 5.70. The van der Waals surface area contributed by atoms with Crippen molar-refractivity contribution in [2.45, 2.75) is 39.2 Å². The lowest BCUT2D eigenvalue weighted by Gasteiger charge is -2.40. The van der Waals surface area contributed by atoms with E-state index in [9.17, 15) is 9.59 Å². The molecule has 1 saturated heterocycles. The first-order valence-corrected chi connectivity index (χ1v) is 12.2. The molecule has 33 heavy (non-hydrogen) atoms. The molecule has 1 N–H and O–H groups in total. The van der Waals surface area contributed by atoms with Gasteiger partial charge in [0.1, 0.15) is 11.4 Å². The van der Waals surface area contributed by atoms with Gasteiger partial charge in [0.25, 0.3) is 11.8 Å². The van der Waals surface area contributed by atoms with Gasteiger partial charge in [-0.1, -0.05) is 42.0 Å². The van der Waals surface area contributed by atoms with E-state index in [0.717, 1.165) is 45.8 Å². The van der Waals surface area contributed by atoms with Crippen molar-refractivity contribution in [2.24, 2.45) is 0 Å². The first-order chi connectivity index (χ1) is 16.0. The lowest BCUT2D eigenvalue weighted by molar-refractivity contribution is 0.0451. The van der Waals surface area contributed by atoms with Gasteiger partial charge in [-0.2, -0.15) is 0 Å². The molecule has 2 aliphatic heterocycles. The molecule has 3 heterocycles. The van der Waals surface area contributed by atoms with Crippen molar-refractivity contribution in [3.05, 3.63) is 69.9 Å². The Balaban J connectivity index is 1.28. The van der Waals surface area contributed by atoms with Crippen LogP contribution in [0.1, 0.15) is 49.8 Å². The van der Waals surface area contributed by atoms with Gasteiger partial charge in [-0.25, -0.2) is 4.98 Å². The number of benzene rings is 2. The number of nitrogens with one attached hydrogen (secondary N) is 1. The van der Waals surface area contributed by atoms with E-state index in [2.05, 4.69) is 16.4 Å². The van der Waals surface area contributed by atoms with Crippen LogP contribution in [0.5, 0.6) is 5.75 Å². The molecule has 0 saturated carbocycles. The molecule has 7 heteroatoms. The minimum atomic E-state index is -0.155. The highest BCUT2D eigenvalue weighted by Crippen LogP contribution is 2.33. The Bertz CT molecular complexity index is 1220. The zero-order valence-electron chi connectivity index (χ0n) is 18.9. The number of carbonyl (C=O) groups excluding carboxylic acids is 2. The molecule has 1 fully saturated rings. The quantitative estimate of drug-likeness (QED) is 0.612. The molecular weight excluding hydrogens is 434 g/mol. The number of amides is 2. The van der Waals surface area contributed by atoms with Crippen LogP contribution >= 0.6 is 11.3 Å². The van der Waals surface area contributed by atoms with Gasteiger partial charge in [-0.15, -0.1) is 11.3 Å². The van der Waals surface area contributed by atoms with Crippen LogP contribution in [-0.4, -0.2) is 47.4 Å². The van der Waals surface area contributed by atoms with Gasteiger partial charge in [0.05, 0.1) is 28.1 Å². The lowest BCUT2D eigenvalue weighted by atomic mass is 10.00. The number of aromatic nitrogens is 1. The Kier molecular flexibility index (Phi) is 5.89. The van der Waals surface area contributed by atoms with Crippen molar-refractivity contribution in [2.75, 3.05) is 19.7 Å².